The van der Waals surface area contributed by atoms with Crippen LogP contribution in [0, 0.1) is 11.7 Å². The molecule has 0 spiro atoms. The molecular weight excluding hydrogens is 247 g/mol. The van der Waals surface area contributed by atoms with Crippen molar-refractivity contribution in [3.05, 3.63) is 34.1 Å². The monoisotopic (exact) mass is 268 g/mol. The zero-order chi connectivity index (χ0) is 13.1. The Balaban J connectivity index is 2.17. The fourth-order valence-electron chi connectivity index (χ4n) is 3.07. The molecule has 0 aromatic heterocycles. The van der Waals surface area contributed by atoms with Gasteiger partial charge in [0.05, 0.1) is 5.02 Å². The van der Waals surface area contributed by atoms with E-state index in [0.29, 0.717) is 10.9 Å². The van der Waals surface area contributed by atoms with Crippen molar-refractivity contribution in [2.75, 3.05) is 0 Å². The smallest absolute Gasteiger partial charge is 0.145 e. The van der Waals surface area contributed by atoms with Crippen molar-refractivity contribution in [3.8, 4) is 0 Å². The number of aryl methyl sites for hydroxylation is 1. The largest absolute Gasteiger partial charge is 0.205 e. The lowest BCUT2D eigenvalue weighted by molar-refractivity contribution is 0.314. The Morgan fingerprint density at radius 2 is 1.83 bits per heavy atom. The SMILES string of the molecule is CCc1ccc(C2CCC(CC)CC2)c(F)c1Cl. The van der Waals surface area contributed by atoms with Gasteiger partial charge in [-0.2, -0.15) is 0 Å². The molecule has 1 aliphatic carbocycles. The van der Waals surface area contributed by atoms with Crippen LogP contribution in [0.2, 0.25) is 5.02 Å². The second-order valence-electron chi connectivity index (χ2n) is 5.42. The molecule has 2 heteroatoms. The highest BCUT2D eigenvalue weighted by Gasteiger charge is 2.24. The number of benzene rings is 1. The summed E-state index contributed by atoms with van der Waals surface area (Å²) in [5.41, 5.74) is 1.76. The molecular formula is C16H22ClF. The summed E-state index contributed by atoms with van der Waals surface area (Å²) in [4.78, 5) is 0. The molecule has 1 fully saturated rings. The Labute approximate surface area is 115 Å². The van der Waals surface area contributed by atoms with Gasteiger partial charge in [0.1, 0.15) is 5.82 Å². The fraction of sp³-hybridized carbons (Fsp3) is 0.625. The Kier molecular flexibility index (Phi) is 4.66. The quantitative estimate of drug-likeness (QED) is 0.657. The second-order valence-corrected chi connectivity index (χ2v) is 5.80. The van der Waals surface area contributed by atoms with Crippen LogP contribution in [0.3, 0.4) is 0 Å². The average molecular weight is 269 g/mol. The van der Waals surface area contributed by atoms with E-state index in [1.165, 1.54) is 19.3 Å². The van der Waals surface area contributed by atoms with Crippen LogP contribution in [0.5, 0.6) is 0 Å². The van der Waals surface area contributed by atoms with Gasteiger partial charge in [0.25, 0.3) is 0 Å². The minimum atomic E-state index is -0.170. The van der Waals surface area contributed by atoms with Gasteiger partial charge in [-0.1, -0.05) is 44.0 Å². The Morgan fingerprint density at radius 1 is 1.17 bits per heavy atom. The molecule has 0 unspecified atom stereocenters. The molecule has 1 aliphatic rings. The van der Waals surface area contributed by atoms with Gasteiger partial charge in [-0.15, -0.1) is 0 Å². The Hall–Kier alpha value is -0.560. The number of hydrogen-bond donors (Lipinski definition) is 0. The molecule has 18 heavy (non-hydrogen) atoms. The topological polar surface area (TPSA) is 0 Å². The average Bonchev–Trinajstić information content (AvgIpc) is 2.42. The lowest BCUT2D eigenvalue weighted by atomic mass is 9.77. The number of hydrogen-bond acceptors (Lipinski definition) is 0. The first-order chi connectivity index (χ1) is 8.67. The highest BCUT2D eigenvalue weighted by molar-refractivity contribution is 6.31. The summed E-state index contributed by atoms with van der Waals surface area (Å²) < 4.78 is 14.3. The van der Waals surface area contributed by atoms with Crippen molar-refractivity contribution < 1.29 is 4.39 Å². The second kappa shape index (κ2) is 6.06. The number of rotatable bonds is 3. The van der Waals surface area contributed by atoms with Gasteiger partial charge < -0.3 is 0 Å². The van der Waals surface area contributed by atoms with E-state index in [1.807, 2.05) is 19.1 Å². The van der Waals surface area contributed by atoms with E-state index in [-0.39, 0.29) is 5.82 Å². The van der Waals surface area contributed by atoms with E-state index >= 15 is 0 Å². The maximum absolute atomic E-state index is 14.3. The maximum atomic E-state index is 14.3. The fourth-order valence-corrected chi connectivity index (χ4v) is 3.38. The van der Waals surface area contributed by atoms with Crippen LogP contribution in [-0.4, -0.2) is 0 Å². The van der Waals surface area contributed by atoms with E-state index in [2.05, 4.69) is 6.92 Å². The van der Waals surface area contributed by atoms with Crippen LogP contribution in [-0.2, 0) is 6.42 Å². The molecule has 1 aromatic carbocycles. The Bertz CT molecular complexity index is 406. The van der Waals surface area contributed by atoms with Gasteiger partial charge in [0.15, 0.2) is 0 Å². The molecule has 0 amide bonds. The standard InChI is InChI=1S/C16H22ClF/c1-3-11-5-7-13(8-6-11)14-10-9-12(4-2)15(17)16(14)18/h9-11,13H,3-8H2,1-2H3. The minimum absolute atomic E-state index is 0.170. The van der Waals surface area contributed by atoms with Crippen molar-refractivity contribution in [1.82, 2.24) is 0 Å². The predicted octanol–water partition coefficient (Wildman–Crippen LogP) is 5.73. The van der Waals surface area contributed by atoms with Crippen LogP contribution in [0.25, 0.3) is 0 Å². The van der Waals surface area contributed by atoms with Gasteiger partial charge in [-0.05, 0) is 55.1 Å². The molecule has 0 atom stereocenters. The molecule has 0 N–H and O–H groups in total. The summed E-state index contributed by atoms with van der Waals surface area (Å²) in [6, 6.07) is 3.95. The molecule has 0 heterocycles. The van der Waals surface area contributed by atoms with E-state index in [1.54, 1.807) is 0 Å². The molecule has 0 saturated heterocycles. The highest BCUT2D eigenvalue weighted by atomic mass is 35.5. The molecule has 0 aliphatic heterocycles. The first-order valence-corrected chi connectivity index (χ1v) is 7.51. The van der Waals surface area contributed by atoms with Crippen LogP contribution >= 0.6 is 11.6 Å². The lowest BCUT2D eigenvalue weighted by Gasteiger charge is -2.28. The summed E-state index contributed by atoms with van der Waals surface area (Å²) in [5, 5.41) is 0.340. The van der Waals surface area contributed by atoms with E-state index in [4.69, 9.17) is 11.6 Å². The maximum Gasteiger partial charge on any atom is 0.145 e. The molecule has 0 bridgehead atoms. The third-order valence-electron chi connectivity index (χ3n) is 4.44. The third-order valence-corrected chi connectivity index (χ3v) is 4.85. The van der Waals surface area contributed by atoms with Crippen molar-refractivity contribution in [2.45, 2.75) is 58.3 Å². The van der Waals surface area contributed by atoms with Crippen molar-refractivity contribution in [3.63, 3.8) is 0 Å². The predicted molar refractivity (Wildman–Crippen MR) is 75.8 cm³/mol. The Morgan fingerprint density at radius 3 is 2.39 bits per heavy atom. The third kappa shape index (κ3) is 2.71. The summed E-state index contributed by atoms with van der Waals surface area (Å²) in [6.07, 6.45) is 6.72. The van der Waals surface area contributed by atoms with Crippen molar-refractivity contribution >= 4 is 11.6 Å². The van der Waals surface area contributed by atoms with Gasteiger partial charge in [0, 0.05) is 0 Å². The van der Waals surface area contributed by atoms with Gasteiger partial charge in [-0.25, -0.2) is 4.39 Å². The van der Waals surface area contributed by atoms with Gasteiger partial charge in [-0.3, -0.25) is 0 Å². The van der Waals surface area contributed by atoms with Gasteiger partial charge in [0.2, 0.25) is 0 Å². The first kappa shape index (κ1) is 13.9. The summed E-state index contributed by atoms with van der Waals surface area (Å²) in [7, 11) is 0. The molecule has 100 valence electrons. The van der Waals surface area contributed by atoms with Gasteiger partial charge >= 0.3 is 0 Å². The summed E-state index contributed by atoms with van der Waals surface area (Å²) in [5.74, 6) is 1.04. The lowest BCUT2D eigenvalue weighted by Crippen LogP contribution is -2.14. The van der Waals surface area contributed by atoms with Crippen LogP contribution in [0.1, 0.15) is 63.0 Å². The van der Waals surface area contributed by atoms with Crippen molar-refractivity contribution in [2.24, 2.45) is 5.92 Å². The summed E-state index contributed by atoms with van der Waals surface area (Å²) >= 11 is 6.10. The highest BCUT2D eigenvalue weighted by Crippen LogP contribution is 2.39. The number of halogens is 2. The molecule has 2 rings (SSSR count). The first-order valence-electron chi connectivity index (χ1n) is 7.14. The molecule has 0 radical (unpaired) electrons. The molecule has 1 saturated carbocycles. The summed E-state index contributed by atoms with van der Waals surface area (Å²) in [6.45, 7) is 4.26. The normalized spacial score (nSPS) is 24.2. The van der Waals surface area contributed by atoms with Crippen molar-refractivity contribution in [1.29, 1.82) is 0 Å². The zero-order valence-corrected chi connectivity index (χ0v) is 12.1. The van der Waals surface area contributed by atoms with E-state index in [9.17, 15) is 4.39 Å². The van der Waals surface area contributed by atoms with Crippen LogP contribution in [0.4, 0.5) is 4.39 Å². The van der Waals surface area contributed by atoms with E-state index in [0.717, 1.165) is 36.3 Å². The zero-order valence-electron chi connectivity index (χ0n) is 11.3. The minimum Gasteiger partial charge on any atom is -0.205 e. The molecule has 1 aromatic rings. The van der Waals surface area contributed by atoms with E-state index < -0.39 is 0 Å². The van der Waals surface area contributed by atoms with Crippen LogP contribution < -0.4 is 0 Å². The van der Waals surface area contributed by atoms with Crippen LogP contribution in [0.15, 0.2) is 12.1 Å². The molecule has 0 nitrogen and oxygen atoms in total.